The second-order valence-electron chi connectivity index (χ2n) is 9.56. The second kappa shape index (κ2) is 9.01. The van der Waals surface area contributed by atoms with Crippen LogP contribution in [0.15, 0.2) is 24.7 Å². The van der Waals surface area contributed by atoms with E-state index in [4.69, 9.17) is 4.74 Å². The Labute approximate surface area is 202 Å². The molecular weight excluding hydrogens is 480 g/mol. The van der Waals surface area contributed by atoms with Crippen molar-refractivity contribution in [2.45, 2.75) is 57.1 Å². The van der Waals surface area contributed by atoms with Crippen molar-refractivity contribution in [3.63, 3.8) is 0 Å². The smallest absolute Gasteiger partial charge is 0.248 e. The molecular formula is C22H29F2N7O3S. The molecule has 1 aliphatic carbocycles. The molecule has 13 heteroatoms. The Hall–Kier alpha value is -2.80. The number of pyridine rings is 1. The molecule has 0 amide bonds. The van der Waals surface area contributed by atoms with Gasteiger partial charge in [0.25, 0.3) is 0 Å². The van der Waals surface area contributed by atoms with Crippen LogP contribution in [0.2, 0.25) is 0 Å². The van der Waals surface area contributed by atoms with E-state index >= 15 is 0 Å². The first-order chi connectivity index (χ1) is 16.6. The largest absolute Gasteiger partial charge is 0.486 e. The molecule has 4 heterocycles. The molecule has 5 rings (SSSR count). The number of anilines is 1. The minimum atomic E-state index is -3.23. The molecule has 2 aliphatic rings. The predicted octanol–water partition coefficient (Wildman–Crippen LogP) is 3.16. The van der Waals surface area contributed by atoms with Gasteiger partial charge in [-0.2, -0.15) is 10.1 Å². The lowest BCUT2D eigenvalue weighted by Gasteiger charge is -2.35. The zero-order chi connectivity index (χ0) is 24.8. The molecule has 1 aliphatic heterocycles. The first-order valence-electron chi connectivity index (χ1n) is 11.7. The fraction of sp³-hybridized carbons (Fsp3) is 0.591. The molecule has 3 aromatic heterocycles. The van der Waals surface area contributed by atoms with Crippen molar-refractivity contribution in [1.29, 1.82) is 0 Å². The van der Waals surface area contributed by atoms with Crippen LogP contribution in [0.25, 0.3) is 16.8 Å². The van der Waals surface area contributed by atoms with E-state index in [1.807, 2.05) is 13.0 Å². The van der Waals surface area contributed by atoms with Crippen LogP contribution in [0.3, 0.4) is 0 Å². The summed E-state index contributed by atoms with van der Waals surface area (Å²) >= 11 is 0. The number of H-pyrrole nitrogens is 1. The van der Waals surface area contributed by atoms with Gasteiger partial charge in [-0.3, -0.25) is 5.10 Å². The summed E-state index contributed by atoms with van der Waals surface area (Å²) in [6, 6.07) is 1.85. The Bertz CT molecular complexity index is 1290. The lowest BCUT2D eigenvalue weighted by atomic mass is 9.94. The van der Waals surface area contributed by atoms with Crippen molar-refractivity contribution in [3.8, 4) is 16.9 Å². The van der Waals surface area contributed by atoms with Crippen molar-refractivity contribution in [3.05, 3.63) is 24.7 Å². The van der Waals surface area contributed by atoms with Gasteiger partial charge in [0, 0.05) is 55.5 Å². The number of sulfonamides is 1. The topological polar surface area (TPSA) is 118 Å². The van der Waals surface area contributed by atoms with Crippen LogP contribution in [0.1, 0.15) is 39.0 Å². The van der Waals surface area contributed by atoms with Crippen molar-refractivity contribution >= 4 is 21.6 Å². The third-order valence-electron chi connectivity index (χ3n) is 6.87. The molecule has 2 fully saturated rings. The normalized spacial score (nSPS) is 24.0. The first kappa shape index (κ1) is 23.9. The number of ether oxygens (including phenoxy) is 1. The van der Waals surface area contributed by atoms with Crippen molar-refractivity contribution in [2.24, 2.45) is 5.92 Å². The predicted molar refractivity (Wildman–Crippen MR) is 126 cm³/mol. The number of halogens is 2. The number of fused-ring (bicyclic) bond motifs is 1. The summed E-state index contributed by atoms with van der Waals surface area (Å²) in [5.41, 5.74) is 2.02. The molecule has 2 unspecified atom stereocenters. The number of hydrogen-bond donors (Lipinski definition) is 2. The number of rotatable bonds is 6. The van der Waals surface area contributed by atoms with Gasteiger partial charge in [0.2, 0.25) is 21.9 Å². The molecule has 0 bridgehead atoms. The summed E-state index contributed by atoms with van der Waals surface area (Å²) in [4.78, 5) is 4.68. The lowest BCUT2D eigenvalue weighted by Crippen LogP contribution is -2.47. The van der Waals surface area contributed by atoms with Crippen molar-refractivity contribution < 1.29 is 21.9 Å². The zero-order valence-electron chi connectivity index (χ0n) is 19.6. The molecule has 1 saturated carbocycles. The summed E-state index contributed by atoms with van der Waals surface area (Å²) in [5.74, 6) is -1.70. The van der Waals surface area contributed by atoms with Gasteiger partial charge in [-0.1, -0.05) is 6.92 Å². The van der Waals surface area contributed by atoms with Crippen molar-refractivity contribution in [2.75, 3.05) is 24.7 Å². The third kappa shape index (κ3) is 5.10. The minimum absolute atomic E-state index is 0.00343. The molecule has 0 aromatic carbocycles. The fourth-order valence-electron chi connectivity index (χ4n) is 4.81. The Morgan fingerprint density at radius 1 is 1.26 bits per heavy atom. The molecule has 3 aromatic rings. The lowest BCUT2D eigenvalue weighted by molar-refractivity contribution is -0.0580. The quantitative estimate of drug-likeness (QED) is 0.524. The summed E-state index contributed by atoms with van der Waals surface area (Å²) in [6.07, 6.45) is 6.79. The van der Waals surface area contributed by atoms with Crippen LogP contribution in [0.5, 0.6) is 5.75 Å². The second-order valence-corrected chi connectivity index (χ2v) is 11.5. The number of nitrogens with zero attached hydrogens (tertiary/aromatic N) is 5. The number of nitrogens with one attached hydrogen (secondary N) is 2. The van der Waals surface area contributed by atoms with E-state index in [1.54, 1.807) is 23.1 Å². The van der Waals surface area contributed by atoms with Gasteiger partial charge in [-0.15, -0.1) is 5.10 Å². The van der Waals surface area contributed by atoms with Gasteiger partial charge in [-0.05, 0) is 31.2 Å². The number of hydrogen-bond acceptors (Lipinski definition) is 7. The molecule has 0 spiro atoms. The van der Waals surface area contributed by atoms with E-state index < -0.39 is 15.9 Å². The maximum absolute atomic E-state index is 13.7. The van der Waals surface area contributed by atoms with E-state index in [0.717, 1.165) is 11.1 Å². The monoisotopic (exact) mass is 509 g/mol. The average molecular weight is 510 g/mol. The number of aromatic amines is 1. The van der Waals surface area contributed by atoms with E-state index in [1.165, 1.54) is 10.6 Å². The van der Waals surface area contributed by atoms with Gasteiger partial charge < -0.3 is 10.1 Å². The first-order valence-corrected chi connectivity index (χ1v) is 13.6. The van der Waals surface area contributed by atoms with Crippen LogP contribution >= 0.6 is 0 Å². The van der Waals surface area contributed by atoms with Crippen LogP contribution in [0, 0.1) is 5.92 Å². The highest BCUT2D eigenvalue weighted by molar-refractivity contribution is 7.88. The number of piperidine rings is 1. The van der Waals surface area contributed by atoms with Crippen LogP contribution < -0.4 is 10.1 Å². The Morgan fingerprint density at radius 3 is 2.69 bits per heavy atom. The van der Waals surface area contributed by atoms with Gasteiger partial charge in [0.15, 0.2) is 11.4 Å². The van der Waals surface area contributed by atoms with E-state index in [0.29, 0.717) is 36.9 Å². The molecule has 0 radical (unpaired) electrons. The zero-order valence-corrected chi connectivity index (χ0v) is 20.4. The maximum Gasteiger partial charge on any atom is 0.248 e. The average Bonchev–Trinajstić information content (AvgIpc) is 3.46. The molecule has 2 N–H and O–H groups in total. The summed E-state index contributed by atoms with van der Waals surface area (Å²) in [7, 11) is -3.23. The third-order valence-corrected chi connectivity index (χ3v) is 8.14. The molecule has 2 atom stereocenters. The maximum atomic E-state index is 13.7. The summed E-state index contributed by atoms with van der Waals surface area (Å²) < 4.78 is 60.5. The highest BCUT2D eigenvalue weighted by Gasteiger charge is 2.36. The van der Waals surface area contributed by atoms with Gasteiger partial charge >= 0.3 is 0 Å². The molecule has 10 nitrogen and oxygen atoms in total. The fourth-order valence-corrected chi connectivity index (χ4v) is 5.76. The summed E-state index contributed by atoms with van der Waals surface area (Å²) in [5, 5.41) is 14.7. The standard InChI is InChI=1S/C22H29F2N7O3S/c1-14-13-30(35(2,32)33)9-6-18(14)27-21-28-20-19(34-16-3-7-22(23,24)8-4-16)17(5-10-31(20)29-21)15-11-25-26-12-15/h5,10-12,14,16,18H,3-4,6-9,13H2,1-2H3,(H,25,26)(H,27,29). The minimum Gasteiger partial charge on any atom is -0.486 e. The van der Waals surface area contributed by atoms with E-state index in [-0.39, 0.29) is 43.7 Å². The highest BCUT2D eigenvalue weighted by Crippen LogP contribution is 2.39. The van der Waals surface area contributed by atoms with Crippen LogP contribution in [0.4, 0.5) is 14.7 Å². The van der Waals surface area contributed by atoms with Crippen molar-refractivity contribution in [1.82, 2.24) is 29.1 Å². The molecule has 35 heavy (non-hydrogen) atoms. The molecule has 1 saturated heterocycles. The van der Waals surface area contributed by atoms with Crippen LogP contribution in [-0.4, -0.2) is 74.9 Å². The Balaban J connectivity index is 1.42. The number of alkyl halides is 2. The number of aromatic nitrogens is 5. The summed E-state index contributed by atoms with van der Waals surface area (Å²) in [6.45, 7) is 2.85. The Kier molecular flexibility index (Phi) is 6.16. The molecule has 190 valence electrons. The van der Waals surface area contributed by atoms with Gasteiger partial charge in [0.05, 0.1) is 18.6 Å². The highest BCUT2D eigenvalue weighted by atomic mass is 32.2. The van der Waals surface area contributed by atoms with Crippen LogP contribution in [-0.2, 0) is 10.0 Å². The van der Waals surface area contributed by atoms with E-state index in [9.17, 15) is 17.2 Å². The Morgan fingerprint density at radius 2 is 2.03 bits per heavy atom. The van der Waals surface area contributed by atoms with E-state index in [2.05, 4.69) is 25.6 Å². The van der Waals surface area contributed by atoms with Gasteiger partial charge in [-0.25, -0.2) is 26.0 Å². The SMILES string of the molecule is CC1CN(S(C)(=O)=O)CCC1Nc1nc2c(OC3CCC(F)(F)CC3)c(-c3cn[nH]c3)ccn2n1. The van der Waals surface area contributed by atoms with Gasteiger partial charge in [0.1, 0.15) is 0 Å².